The van der Waals surface area contributed by atoms with Gasteiger partial charge in [0, 0.05) is 35.9 Å². The Morgan fingerprint density at radius 1 is 1.03 bits per heavy atom. The summed E-state index contributed by atoms with van der Waals surface area (Å²) >= 11 is 0. The Bertz CT molecular complexity index is 1530. The zero-order valence-electron chi connectivity index (χ0n) is 19.0. The Morgan fingerprint density at radius 3 is 2.74 bits per heavy atom. The number of aryl methyl sites for hydroxylation is 1. The lowest BCUT2D eigenvalue weighted by molar-refractivity contribution is -0.0341. The number of aliphatic hydroxyl groups excluding tert-OH is 2. The van der Waals surface area contributed by atoms with Gasteiger partial charge in [-0.2, -0.15) is 0 Å². The van der Waals surface area contributed by atoms with Crippen LogP contribution < -0.4 is 5.32 Å². The normalized spacial score (nSPS) is 22.6. The molecule has 4 unspecified atom stereocenters. The summed E-state index contributed by atoms with van der Waals surface area (Å²) in [5, 5.41) is 26.5. The molecule has 180 valence electrons. The van der Waals surface area contributed by atoms with E-state index in [4.69, 9.17) is 4.74 Å². The summed E-state index contributed by atoms with van der Waals surface area (Å²) in [6.45, 7) is 3.20. The van der Waals surface area contributed by atoms with Gasteiger partial charge < -0.3 is 24.8 Å². The fourth-order valence-electron chi connectivity index (χ4n) is 5.01. The number of hydrogen-bond donors (Lipinski definition) is 3. The molecule has 1 aliphatic heterocycles. The van der Waals surface area contributed by atoms with E-state index in [1.165, 1.54) is 12.4 Å². The first-order valence-electron chi connectivity index (χ1n) is 11.6. The Morgan fingerprint density at radius 2 is 1.86 bits per heavy atom. The highest BCUT2D eigenvalue weighted by Gasteiger charge is 2.44. The molecule has 0 amide bonds. The number of aromatic nitrogens is 5. The lowest BCUT2D eigenvalue weighted by Gasteiger charge is -2.17. The molecular formula is C25H25FN6O3. The highest BCUT2D eigenvalue weighted by molar-refractivity contribution is 6.08. The van der Waals surface area contributed by atoms with Crippen LogP contribution in [0.2, 0.25) is 0 Å². The van der Waals surface area contributed by atoms with E-state index in [-0.39, 0.29) is 5.82 Å². The van der Waals surface area contributed by atoms with Crippen molar-refractivity contribution in [3.63, 3.8) is 0 Å². The van der Waals surface area contributed by atoms with Crippen LogP contribution in [0.15, 0.2) is 55.1 Å². The SMILES string of the molecule is Cc1ncnc2c1ncn2C1OC(CNCCn2c3ccccc3c3cccc(F)c32)C(O)C1O. The van der Waals surface area contributed by atoms with Crippen LogP contribution in [0.1, 0.15) is 11.9 Å². The van der Waals surface area contributed by atoms with Crippen molar-refractivity contribution in [1.29, 1.82) is 0 Å². The maximum atomic E-state index is 14.7. The molecule has 0 spiro atoms. The van der Waals surface area contributed by atoms with E-state index in [1.807, 2.05) is 41.8 Å². The molecule has 0 bridgehead atoms. The number of para-hydroxylation sites is 2. The molecule has 6 rings (SSSR count). The van der Waals surface area contributed by atoms with Crippen LogP contribution in [0.4, 0.5) is 4.39 Å². The maximum absolute atomic E-state index is 14.7. The van der Waals surface area contributed by atoms with Crippen molar-refractivity contribution >= 4 is 33.0 Å². The molecular weight excluding hydrogens is 451 g/mol. The third-order valence-corrected chi connectivity index (χ3v) is 6.75. The standard InChI is InChI=1S/C25H25FN6O3/c1-14-20-24(29-12-28-14)32(13-30-20)25-23(34)22(33)19(35-25)11-27-9-10-31-18-8-3-2-5-15(18)16-6-4-7-17(26)21(16)31/h2-8,12-13,19,22-23,25,27,33-34H,9-11H2,1H3. The summed E-state index contributed by atoms with van der Waals surface area (Å²) in [5.74, 6) is -0.259. The molecule has 4 heterocycles. The van der Waals surface area contributed by atoms with Gasteiger partial charge in [0.15, 0.2) is 11.9 Å². The number of nitrogens with zero attached hydrogens (tertiary/aromatic N) is 5. The first kappa shape index (κ1) is 22.1. The van der Waals surface area contributed by atoms with Crippen LogP contribution in [0.25, 0.3) is 33.0 Å². The number of imidazole rings is 1. The van der Waals surface area contributed by atoms with Crippen LogP contribution in [0.5, 0.6) is 0 Å². The van der Waals surface area contributed by atoms with Gasteiger partial charge in [0.05, 0.1) is 17.5 Å². The minimum absolute atomic E-state index is 0.259. The van der Waals surface area contributed by atoms with Gasteiger partial charge in [-0.3, -0.25) is 4.57 Å². The minimum Gasteiger partial charge on any atom is -0.387 e. The van der Waals surface area contributed by atoms with E-state index in [0.717, 1.165) is 22.0 Å². The van der Waals surface area contributed by atoms with Gasteiger partial charge in [0.1, 0.15) is 36.0 Å². The number of ether oxygens (including phenoxy) is 1. The summed E-state index contributed by atoms with van der Waals surface area (Å²) in [5.41, 5.74) is 3.42. The van der Waals surface area contributed by atoms with E-state index < -0.39 is 24.5 Å². The lowest BCUT2D eigenvalue weighted by Crippen LogP contribution is -2.38. The number of fused-ring (bicyclic) bond motifs is 4. The Hall–Kier alpha value is -3.44. The fraction of sp³-hybridized carbons (Fsp3) is 0.320. The molecule has 35 heavy (non-hydrogen) atoms. The molecule has 5 aromatic rings. The van der Waals surface area contributed by atoms with Gasteiger partial charge in [-0.05, 0) is 19.1 Å². The van der Waals surface area contributed by atoms with E-state index >= 15 is 0 Å². The molecule has 4 atom stereocenters. The van der Waals surface area contributed by atoms with Crippen LogP contribution in [-0.2, 0) is 11.3 Å². The molecule has 1 fully saturated rings. The van der Waals surface area contributed by atoms with Gasteiger partial charge >= 0.3 is 0 Å². The Labute approximate surface area is 199 Å². The smallest absolute Gasteiger partial charge is 0.165 e. The average molecular weight is 477 g/mol. The number of rotatable bonds is 6. The van der Waals surface area contributed by atoms with Crippen LogP contribution >= 0.6 is 0 Å². The number of halogens is 1. The molecule has 2 aromatic carbocycles. The van der Waals surface area contributed by atoms with E-state index in [9.17, 15) is 14.6 Å². The van der Waals surface area contributed by atoms with Crippen LogP contribution in [0.3, 0.4) is 0 Å². The summed E-state index contributed by atoms with van der Waals surface area (Å²) in [6, 6.07) is 13.0. The van der Waals surface area contributed by atoms with Gasteiger partial charge in [-0.25, -0.2) is 19.3 Å². The van der Waals surface area contributed by atoms with Gasteiger partial charge in [-0.15, -0.1) is 0 Å². The Kier molecular flexibility index (Phi) is 5.45. The topological polar surface area (TPSA) is 110 Å². The molecule has 0 aliphatic carbocycles. The predicted molar refractivity (Wildman–Crippen MR) is 128 cm³/mol. The van der Waals surface area contributed by atoms with Gasteiger partial charge in [0.2, 0.25) is 0 Å². The third kappa shape index (κ3) is 3.57. The average Bonchev–Trinajstić information content (AvgIpc) is 3.52. The van der Waals surface area contributed by atoms with Crippen molar-refractivity contribution in [3.8, 4) is 0 Å². The number of hydrogen-bond acceptors (Lipinski definition) is 7. The first-order chi connectivity index (χ1) is 17.0. The maximum Gasteiger partial charge on any atom is 0.165 e. The summed E-state index contributed by atoms with van der Waals surface area (Å²) in [4.78, 5) is 12.7. The quantitative estimate of drug-likeness (QED) is 0.323. The minimum atomic E-state index is -1.14. The van der Waals surface area contributed by atoms with E-state index in [0.29, 0.717) is 36.3 Å². The predicted octanol–water partition coefficient (Wildman–Crippen LogP) is 2.29. The molecule has 3 N–H and O–H groups in total. The second kappa shape index (κ2) is 8.65. The zero-order chi connectivity index (χ0) is 24.1. The zero-order valence-corrected chi connectivity index (χ0v) is 19.0. The highest BCUT2D eigenvalue weighted by Crippen LogP contribution is 2.32. The van der Waals surface area contributed by atoms with Crippen molar-refractivity contribution in [2.45, 2.75) is 38.0 Å². The lowest BCUT2D eigenvalue weighted by atomic mass is 10.1. The number of aliphatic hydroxyl groups is 2. The molecule has 0 saturated carbocycles. The fourth-order valence-corrected chi connectivity index (χ4v) is 5.01. The second-order valence-corrected chi connectivity index (χ2v) is 8.84. The largest absolute Gasteiger partial charge is 0.387 e. The van der Waals surface area contributed by atoms with Gasteiger partial charge in [-0.1, -0.05) is 30.3 Å². The highest BCUT2D eigenvalue weighted by atomic mass is 19.1. The summed E-state index contributed by atoms with van der Waals surface area (Å²) in [6.07, 6.45) is -0.698. The van der Waals surface area contributed by atoms with Crippen molar-refractivity contribution in [2.75, 3.05) is 13.1 Å². The number of nitrogens with one attached hydrogen (secondary N) is 1. The van der Waals surface area contributed by atoms with Crippen molar-refractivity contribution < 1.29 is 19.3 Å². The monoisotopic (exact) mass is 476 g/mol. The second-order valence-electron chi connectivity index (χ2n) is 8.84. The van der Waals surface area contributed by atoms with Crippen LogP contribution in [0, 0.1) is 12.7 Å². The van der Waals surface area contributed by atoms with E-state index in [1.54, 1.807) is 17.0 Å². The first-order valence-corrected chi connectivity index (χ1v) is 11.6. The van der Waals surface area contributed by atoms with Gasteiger partial charge in [0.25, 0.3) is 0 Å². The third-order valence-electron chi connectivity index (χ3n) is 6.75. The van der Waals surface area contributed by atoms with Crippen LogP contribution in [-0.4, -0.2) is 65.7 Å². The summed E-state index contributed by atoms with van der Waals surface area (Å²) < 4.78 is 24.3. The number of benzene rings is 2. The molecule has 1 saturated heterocycles. The molecule has 9 nitrogen and oxygen atoms in total. The van der Waals surface area contributed by atoms with E-state index in [2.05, 4.69) is 20.3 Å². The molecule has 10 heteroatoms. The molecule has 1 aliphatic rings. The van der Waals surface area contributed by atoms with Crippen molar-refractivity contribution in [3.05, 3.63) is 66.6 Å². The summed E-state index contributed by atoms with van der Waals surface area (Å²) in [7, 11) is 0. The van der Waals surface area contributed by atoms with Crippen molar-refractivity contribution in [2.24, 2.45) is 0 Å². The Balaban J connectivity index is 1.16. The van der Waals surface area contributed by atoms with Crippen molar-refractivity contribution in [1.82, 2.24) is 29.4 Å². The molecule has 3 aromatic heterocycles. The molecule has 0 radical (unpaired) electrons.